The lowest BCUT2D eigenvalue weighted by molar-refractivity contribution is 0.286. The Morgan fingerprint density at radius 2 is 1.87 bits per heavy atom. The first-order valence-electron chi connectivity index (χ1n) is 5.43. The van der Waals surface area contributed by atoms with Gasteiger partial charge in [0.2, 0.25) is 0 Å². The van der Waals surface area contributed by atoms with E-state index >= 15 is 0 Å². The number of hydrogen-bond acceptors (Lipinski definition) is 3. The van der Waals surface area contributed by atoms with E-state index < -0.39 is 0 Å². The van der Waals surface area contributed by atoms with Gasteiger partial charge < -0.3 is 15.2 Å². The van der Waals surface area contributed by atoms with E-state index in [0.29, 0.717) is 6.54 Å². The van der Waals surface area contributed by atoms with Gasteiger partial charge in [-0.3, -0.25) is 0 Å². The predicted molar refractivity (Wildman–Crippen MR) is 61.1 cm³/mol. The summed E-state index contributed by atoms with van der Waals surface area (Å²) < 4.78 is 5.54. The van der Waals surface area contributed by atoms with E-state index in [2.05, 4.69) is 5.32 Å². The molecule has 84 valence electrons. The Balaban J connectivity index is 1.93. The second-order valence-corrected chi connectivity index (χ2v) is 3.34. The summed E-state index contributed by atoms with van der Waals surface area (Å²) in [5.41, 5.74) is 0. The van der Waals surface area contributed by atoms with Gasteiger partial charge in [-0.25, -0.2) is 0 Å². The van der Waals surface area contributed by atoms with Gasteiger partial charge in [0.1, 0.15) is 5.75 Å². The summed E-state index contributed by atoms with van der Waals surface area (Å²) in [6.07, 6.45) is 2.11. The summed E-state index contributed by atoms with van der Waals surface area (Å²) in [7, 11) is 0. The molecule has 0 atom stereocenters. The molecule has 0 aliphatic rings. The van der Waals surface area contributed by atoms with Gasteiger partial charge in [-0.15, -0.1) is 0 Å². The van der Waals surface area contributed by atoms with Crippen LogP contribution in [-0.4, -0.2) is 31.4 Å². The van der Waals surface area contributed by atoms with Gasteiger partial charge in [-0.05, 0) is 31.5 Å². The molecule has 0 radical (unpaired) electrons. The fourth-order valence-corrected chi connectivity index (χ4v) is 1.26. The Morgan fingerprint density at radius 1 is 1.07 bits per heavy atom. The first kappa shape index (κ1) is 12.0. The summed E-state index contributed by atoms with van der Waals surface area (Å²) >= 11 is 0. The van der Waals surface area contributed by atoms with Gasteiger partial charge in [0.25, 0.3) is 0 Å². The van der Waals surface area contributed by atoms with Gasteiger partial charge in [0.05, 0.1) is 13.2 Å². The molecule has 0 aliphatic heterocycles. The number of para-hydroxylation sites is 1. The van der Waals surface area contributed by atoms with Gasteiger partial charge in [-0.2, -0.15) is 0 Å². The van der Waals surface area contributed by atoms with Gasteiger partial charge in [0.15, 0.2) is 0 Å². The van der Waals surface area contributed by atoms with Gasteiger partial charge in [0, 0.05) is 6.54 Å². The third-order valence-corrected chi connectivity index (χ3v) is 2.05. The average Bonchev–Trinajstić information content (AvgIpc) is 2.29. The third-order valence-electron chi connectivity index (χ3n) is 2.05. The smallest absolute Gasteiger partial charge is 0.119 e. The zero-order valence-electron chi connectivity index (χ0n) is 8.98. The summed E-state index contributed by atoms with van der Waals surface area (Å²) in [6, 6.07) is 9.84. The zero-order valence-corrected chi connectivity index (χ0v) is 8.98. The van der Waals surface area contributed by atoms with Crippen molar-refractivity contribution >= 4 is 0 Å². The maximum Gasteiger partial charge on any atom is 0.119 e. The minimum atomic E-state index is 0.209. The van der Waals surface area contributed by atoms with Crippen LogP contribution in [0.3, 0.4) is 0 Å². The van der Waals surface area contributed by atoms with E-state index in [9.17, 15) is 0 Å². The van der Waals surface area contributed by atoms with Crippen molar-refractivity contribution in [3.8, 4) is 5.75 Å². The summed E-state index contributed by atoms with van der Waals surface area (Å²) in [5.74, 6) is 0.931. The highest BCUT2D eigenvalue weighted by molar-refractivity contribution is 5.20. The molecule has 0 unspecified atom stereocenters. The van der Waals surface area contributed by atoms with E-state index in [1.807, 2.05) is 30.3 Å². The third kappa shape index (κ3) is 6.10. The van der Waals surface area contributed by atoms with Crippen LogP contribution in [0.5, 0.6) is 5.75 Å². The van der Waals surface area contributed by atoms with E-state index in [1.54, 1.807) is 0 Å². The molecule has 0 fully saturated rings. The number of ether oxygens (including phenoxy) is 1. The second-order valence-electron chi connectivity index (χ2n) is 3.34. The molecular formula is C12H19NO2. The fraction of sp³-hybridized carbons (Fsp3) is 0.500. The SMILES string of the molecule is OCCNCCCCOc1ccccc1. The quantitative estimate of drug-likeness (QED) is 0.636. The minimum absolute atomic E-state index is 0.209. The lowest BCUT2D eigenvalue weighted by Gasteiger charge is -2.05. The second kappa shape index (κ2) is 8.26. The number of nitrogens with one attached hydrogen (secondary N) is 1. The molecule has 1 aromatic rings. The lowest BCUT2D eigenvalue weighted by Crippen LogP contribution is -2.19. The molecule has 0 heterocycles. The minimum Gasteiger partial charge on any atom is -0.494 e. The van der Waals surface area contributed by atoms with Crippen molar-refractivity contribution in [2.45, 2.75) is 12.8 Å². The molecule has 0 amide bonds. The van der Waals surface area contributed by atoms with Crippen LogP contribution < -0.4 is 10.1 Å². The molecule has 2 N–H and O–H groups in total. The highest BCUT2D eigenvalue weighted by Crippen LogP contribution is 2.08. The van der Waals surface area contributed by atoms with Crippen molar-refractivity contribution in [1.29, 1.82) is 0 Å². The Bertz CT molecular complexity index is 239. The predicted octanol–water partition coefficient (Wildman–Crippen LogP) is 1.43. The molecule has 3 heteroatoms. The molecule has 15 heavy (non-hydrogen) atoms. The number of hydrogen-bond donors (Lipinski definition) is 2. The summed E-state index contributed by atoms with van der Waals surface area (Å²) in [6.45, 7) is 2.59. The maximum absolute atomic E-state index is 8.53. The topological polar surface area (TPSA) is 41.5 Å². The van der Waals surface area contributed by atoms with E-state index in [4.69, 9.17) is 9.84 Å². The van der Waals surface area contributed by atoms with Crippen LogP contribution in [0, 0.1) is 0 Å². The van der Waals surface area contributed by atoms with Crippen molar-refractivity contribution in [3.05, 3.63) is 30.3 Å². The molecule has 3 nitrogen and oxygen atoms in total. The number of rotatable bonds is 8. The summed E-state index contributed by atoms with van der Waals surface area (Å²) in [4.78, 5) is 0. The van der Waals surface area contributed by atoms with Crippen molar-refractivity contribution < 1.29 is 9.84 Å². The molecule has 1 rings (SSSR count). The fourth-order valence-electron chi connectivity index (χ4n) is 1.26. The highest BCUT2D eigenvalue weighted by Gasteiger charge is 1.91. The number of aliphatic hydroxyl groups excluding tert-OH is 1. The molecular weight excluding hydrogens is 190 g/mol. The normalized spacial score (nSPS) is 10.2. The molecule has 0 saturated carbocycles. The van der Waals surface area contributed by atoms with Crippen LogP contribution in [-0.2, 0) is 0 Å². The molecule has 0 spiro atoms. The first-order chi connectivity index (χ1) is 7.43. The molecule has 0 bridgehead atoms. The molecule has 0 aromatic heterocycles. The van der Waals surface area contributed by atoms with E-state index in [0.717, 1.165) is 31.7 Å². The number of benzene rings is 1. The van der Waals surface area contributed by atoms with Crippen molar-refractivity contribution in [2.24, 2.45) is 0 Å². The molecule has 0 aliphatic carbocycles. The number of aliphatic hydroxyl groups is 1. The van der Waals surface area contributed by atoms with E-state index in [1.165, 1.54) is 0 Å². The van der Waals surface area contributed by atoms with Crippen LogP contribution in [0.4, 0.5) is 0 Å². The van der Waals surface area contributed by atoms with E-state index in [-0.39, 0.29) is 6.61 Å². The van der Waals surface area contributed by atoms with Crippen LogP contribution in [0.1, 0.15) is 12.8 Å². The lowest BCUT2D eigenvalue weighted by atomic mass is 10.3. The Labute approximate surface area is 91.1 Å². The molecule has 1 aromatic carbocycles. The number of unbranched alkanes of at least 4 members (excludes halogenated alkanes) is 1. The van der Waals surface area contributed by atoms with Crippen LogP contribution in [0.25, 0.3) is 0 Å². The van der Waals surface area contributed by atoms with Crippen LogP contribution in [0.15, 0.2) is 30.3 Å². The van der Waals surface area contributed by atoms with Crippen molar-refractivity contribution in [2.75, 3.05) is 26.3 Å². The average molecular weight is 209 g/mol. The Kier molecular flexibility index (Phi) is 6.62. The first-order valence-corrected chi connectivity index (χ1v) is 5.43. The molecule has 0 saturated heterocycles. The standard InChI is InChI=1S/C12H19NO2/c14-10-9-13-8-4-5-11-15-12-6-2-1-3-7-12/h1-3,6-7,13-14H,4-5,8-11H2. The Morgan fingerprint density at radius 3 is 2.60 bits per heavy atom. The monoisotopic (exact) mass is 209 g/mol. The highest BCUT2D eigenvalue weighted by atomic mass is 16.5. The van der Waals surface area contributed by atoms with Crippen LogP contribution in [0.2, 0.25) is 0 Å². The van der Waals surface area contributed by atoms with Gasteiger partial charge in [-0.1, -0.05) is 18.2 Å². The Hall–Kier alpha value is -1.06. The largest absolute Gasteiger partial charge is 0.494 e. The zero-order chi connectivity index (χ0) is 10.8. The van der Waals surface area contributed by atoms with Crippen LogP contribution >= 0.6 is 0 Å². The van der Waals surface area contributed by atoms with Gasteiger partial charge >= 0.3 is 0 Å². The maximum atomic E-state index is 8.53. The van der Waals surface area contributed by atoms with Crippen molar-refractivity contribution in [3.63, 3.8) is 0 Å². The summed E-state index contributed by atoms with van der Waals surface area (Å²) in [5, 5.41) is 11.7. The van der Waals surface area contributed by atoms with Crippen molar-refractivity contribution in [1.82, 2.24) is 5.32 Å².